The Balaban J connectivity index is 1.15. The van der Waals surface area contributed by atoms with E-state index in [-0.39, 0.29) is 0 Å². The first-order chi connectivity index (χ1) is 26.8. The van der Waals surface area contributed by atoms with Gasteiger partial charge < -0.3 is 8.98 Å². The Morgan fingerprint density at radius 2 is 1.00 bits per heavy atom. The maximum atomic E-state index is 6.24. The largest absolute Gasteiger partial charge is 0.454 e. The highest BCUT2D eigenvalue weighted by Crippen LogP contribution is 2.39. The summed E-state index contributed by atoms with van der Waals surface area (Å²) in [7, 11) is 0. The van der Waals surface area contributed by atoms with E-state index in [0.29, 0.717) is 17.5 Å². The molecule has 0 amide bonds. The molecule has 252 valence electrons. The van der Waals surface area contributed by atoms with Crippen LogP contribution in [0, 0.1) is 0 Å². The molecular formula is C48H29N5O. The highest BCUT2D eigenvalue weighted by molar-refractivity contribution is 6.12. The van der Waals surface area contributed by atoms with Crippen molar-refractivity contribution in [3.8, 4) is 51.0 Å². The SMILES string of the molecule is c1ccc(-n2c3ccccc3c3ccccc32)c(-c2nc(-c3ccc(-c4cccc5ccccc45)cc3)nc(-c3cccc4oc5cnccc5c34)n2)c1. The van der Waals surface area contributed by atoms with Crippen molar-refractivity contribution in [1.82, 2.24) is 24.5 Å². The van der Waals surface area contributed by atoms with Crippen molar-refractivity contribution >= 4 is 54.5 Å². The first-order valence-electron chi connectivity index (χ1n) is 18.0. The Morgan fingerprint density at radius 1 is 0.407 bits per heavy atom. The van der Waals surface area contributed by atoms with E-state index in [1.54, 1.807) is 12.4 Å². The fourth-order valence-corrected chi connectivity index (χ4v) is 7.93. The summed E-state index contributed by atoms with van der Waals surface area (Å²) in [5.74, 6) is 1.73. The number of furan rings is 1. The molecule has 0 aliphatic heterocycles. The summed E-state index contributed by atoms with van der Waals surface area (Å²) in [6, 6.07) is 56.9. The van der Waals surface area contributed by atoms with Gasteiger partial charge in [-0.2, -0.15) is 0 Å². The zero-order valence-corrected chi connectivity index (χ0v) is 28.9. The number of benzene rings is 7. The molecule has 6 heteroatoms. The molecule has 6 nitrogen and oxygen atoms in total. The van der Waals surface area contributed by atoms with Crippen LogP contribution in [0.25, 0.3) is 105 Å². The summed E-state index contributed by atoms with van der Waals surface area (Å²) in [5, 5.41) is 6.72. The van der Waals surface area contributed by atoms with Gasteiger partial charge in [-0.1, -0.05) is 127 Å². The number of hydrogen-bond acceptors (Lipinski definition) is 5. The minimum absolute atomic E-state index is 0.565. The lowest BCUT2D eigenvalue weighted by atomic mass is 9.97. The Labute approximate surface area is 309 Å². The molecule has 0 saturated carbocycles. The first kappa shape index (κ1) is 30.2. The molecule has 0 unspecified atom stereocenters. The highest BCUT2D eigenvalue weighted by Gasteiger charge is 2.21. The zero-order valence-electron chi connectivity index (χ0n) is 28.9. The zero-order chi connectivity index (χ0) is 35.6. The van der Waals surface area contributed by atoms with Crippen molar-refractivity contribution in [3.63, 3.8) is 0 Å². The second-order valence-corrected chi connectivity index (χ2v) is 13.4. The monoisotopic (exact) mass is 691 g/mol. The van der Waals surface area contributed by atoms with Crippen molar-refractivity contribution < 1.29 is 4.42 Å². The molecule has 11 aromatic rings. The Bertz CT molecular complexity index is 3170. The van der Waals surface area contributed by atoms with E-state index >= 15 is 0 Å². The Hall–Kier alpha value is -7.44. The summed E-state index contributed by atoms with van der Waals surface area (Å²) in [5.41, 5.74) is 9.67. The van der Waals surface area contributed by atoms with Crippen LogP contribution in [-0.2, 0) is 0 Å². The fourth-order valence-electron chi connectivity index (χ4n) is 7.93. The van der Waals surface area contributed by atoms with Gasteiger partial charge in [0.2, 0.25) is 0 Å². The van der Waals surface area contributed by atoms with Crippen molar-refractivity contribution in [2.24, 2.45) is 0 Å². The third kappa shape index (κ3) is 4.74. The van der Waals surface area contributed by atoms with Crippen LogP contribution in [0.1, 0.15) is 0 Å². The van der Waals surface area contributed by atoms with Crippen molar-refractivity contribution in [2.45, 2.75) is 0 Å². The number of rotatable bonds is 5. The van der Waals surface area contributed by atoms with Gasteiger partial charge in [0.25, 0.3) is 0 Å². The quantitative estimate of drug-likeness (QED) is 0.180. The second-order valence-electron chi connectivity index (χ2n) is 13.4. The van der Waals surface area contributed by atoms with Crippen LogP contribution in [-0.4, -0.2) is 24.5 Å². The van der Waals surface area contributed by atoms with Crippen LogP contribution in [0.5, 0.6) is 0 Å². The highest BCUT2D eigenvalue weighted by atomic mass is 16.3. The van der Waals surface area contributed by atoms with Gasteiger partial charge in [-0.25, -0.2) is 15.0 Å². The third-order valence-electron chi connectivity index (χ3n) is 10.4. The minimum Gasteiger partial charge on any atom is -0.454 e. The predicted octanol–water partition coefficient (Wildman–Crippen LogP) is 12.1. The number of para-hydroxylation sites is 3. The number of pyridine rings is 1. The van der Waals surface area contributed by atoms with Crippen LogP contribution < -0.4 is 0 Å². The first-order valence-corrected chi connectivity index (χ1v) is 18.0. The molecule has 7 aromatic carbocycles. The van der Waals surface area contributed by atoms with Gasteiger partial charge in [0.05, 0.1) is 22.9 Å². The Kier molecular flexibility index (Phi) is 6.75. The second kappa shape index (κ2) is 12.1. The molecule has 0 bridgehead atoms. The number of hydrogen-bond donors (Lipinski definition) is 0. The molecule has 0 aliphatic carbocycles. The van der Waals surface area contributed by atoms with E-state index in [1.165, 1.54) is 27.1 Å². The minimum atomic E-state index is 0.565. The summed E-state index contributed by atoms with van der Waals surface area (Å²) < 4.78 is 8.56. The molecule has 0 aliphatic rings. The van der Waals surface area contributed by atoms with Gasteiger partial charge in [-0.15, -0.1) is 0 Å². The number of nitrogens with zero attached hydrogens (tertiary/aromatic N) is 5. The molecule has 0 N–H and O–H groups in total. The van der Waals surface area contributed by atoms with Gasteiger partial charge in [0.15, 0.2) is 23.1 Å². The van der Waals surface area contributed by atoms with Gasteiger partial charge in [0, 0.05) is 44.4 Å². The standard InChI is InChI=1S/C48H29N5O/c1-2-13-33-30(11-1)12-9-17-34(33)31-23-25-32(26-24-31)46-50-47(52-48(51-46)39-18-10-22-43-45(39)38-27-28-49-29-44(38)54-43)37-16-5-8-21-42(37)53-40-19-6-3-14-35(40)36-15-4-7-20-41(36)53/h1-29H. The molecule has 4 heterocycles. The van der Waals surface area contributed by atoms with Crippen LogP contribution >= 0.6 is 0 Å². The van der Waals surface area contributed by atoms with Crippen molar-refractivity contribution in [1.29, 1.82) is 0 Å². The Morgan fingerprint density at radius 3 is 1.81 bits per heavy atom. The lowest BCUT2D eigenvalue weighted by Gasteiger charge is -2.15. The van der Waals surface area contributed by atoms with E-state index in [2.05, 4.69) is 149 Å². The topological polar surface area (TPSA) is 69.6 Å². The molecule has 0 fully saturated rings. The van der Waals surface area contributed by atoms with E-state index in [0.717, 1.165) is 60.9 Å². The molecule has 11 rings (SSSR count). The van der Waals surface area contributed by atoms with E-state index in [4.69, 9.17) is 19.4 Å². The average molecular weight is 692 g/mol. The molecule has 54 heavy (non-hydrogen) atoms. The number of fused-ring (bicyclic) bond motifs is 7. The number of aromatic nitrogens is 5. The summed E-state index contributed by atoms with van der Waals surface area (Å²) in [6.45, 7) is 0. The van der Waals surface area contributed by atoms with Crippen LogP contribution in [0.4, 0.5) is 0 Å². The molecule has 0 spiro atoms. The molecule has 0 saturated heterocycles. The lowest BCUT2D eigenvalue weighted by Crippen LogP contribution is -2.03. The van der Waals surface area contributed by atoms with E-state index in [1.807, 2.05) is 24.3 Å². The molecule has 0 radical (unpaired) electrons. The normalized spacial score (nSPS) is 11.7. The average Bonchev–Trinajstić information content (AvgIpc) is 3.79. The molecular weight excluding hydrogens is 663 g/mol. The van der Waals surface area contributed by atoms with E-state index in [9.17, 15) is 0 Å². The fraction of sp³-hybridized carbons (Fsp3) is 0. The van der Waals surface area contributed by atoms with Gasteiger partial charge >= 0.3 is 0 Å². The van der Waals surface area contributed by atoms with Gasteiger partial charge in [0.1, 0.15) is 5.58 Å². The summed E-state index contributed by atoms with van der Waals surface area (Å²) >= 11 is 0. The lowest BCUT2D eigenvalue weighted by molar-refractivity contribution is 0.667. The predicted molar refractivity (Wildman–Crippen MR) is 218 cm³/mol. The summed E-state index contributed by atoms with van der Waals surface area (Å²) in [6.07, 6.45) is 3.54. The molecule has 4 aromatic heterocycles. The van der Waals surface area contributed by atoms with Crippen LogP contribution in [0.3, 0.4) is 0 Å². The third-order valence-corrected chi connectivity index (χ3v) is 10.4. The van der Waals surface area contributed by atoms with Crippen molar-refractivity contribution in [3.05, 3.63) is 176 Å². The smallest absolute Gasteiger partial charge is 0.166 e. The van der Waals surface area contributed by atoms with E-state index < -0.39 is 0 Å². The van der Waals surface area contributed by atoms with Crippen LogP contribution in [0.15, 0.2) is 181 Å². The van der Waals surface area contributed by atoms with Crippen molar-refractivity contribution in [2.75, 3.05) is 0 Å². The maximum Gasteiger partial charge on any atom is 0.166 e. The van der Waals surface area contributed by atoms with Crippen LogP contribution in [0.2, 0.25) is 0 Å². The molecule has 0 atom stereocenters. The summed E-state index contributed by atoms with van der Waals surface area (Å²) in [4.78, 5) is 20.0. The van der Waals surface area contributed by atoms with Gasteiger partial charge in [-0.3, -0.25) is 4.98 Å². The van der Waals surface area contributed by atoms with Gasteiger partial charge in [-0.05, 0) is 58.3 Å². The maximum absolute atomic E-state index is 6.24.